The van der Waals surface area contributed by atoms with Gasteiger partial charge in [-0.15, -0.1) is 0 Å². The number of rotatable bonds is 1. The maximum Gasteiger partial charge on any atom is 0.182 e. The third-order valence-corrected chi connectivity index (χ3v) is 1.19. The van der Waals surface area contributed by atoms with Crippen LogP contribution in [-0.2, 0) is 0 Å². The van der Waals surface area contributed by atoms with Crippen LogP contribution in [-0.4, -0.2) is 19.7 Å². The molecule has 49 valence electrons. The molecule has 0 aromatic carbocycles. The first-order chi connectivity index (χ1) is 4.97. The summed E-state index contributed by atoms with van der Waals surface area (Å²) in [4.78, 5) is 3.76. The third kappa shape index (κ3) is 0.699. The van der Waals surface area contributed by atoms with Gasteiger partial charge in [-0.2, -0.15) is 5.10 Å². The summed E-state index contributed by atoms with van der Waals surface area (Å²) in [7, 11) is 0. The lowest BCUT2D eigenvalue weighted by Crippen LogP contribution is -1.89. The van der Waals surface area contributed by atoms with E-state index in [1.54, 1.807) is 23.2 Å². The van der Waals surface area contributed by atoms with Crippen molar-refractivity contribution in [2.75, 3.05) is 0 Å². The minimum atomic E-state index is 0.803. The zero-order valence-corrected chi connectivity index (χ0v) is 5.15. The second kappa shape index (κ2) is 1.98. The van der Waals surface area contributed by atoms with Crippen molar-refractivity contribution in [3.63, 3.8) is 0 Å². The van der Waals surface area contributed by atoms with Crippen LogP contribution < -0.4 is 0 Å². The molecule has 0 aliphatic carbocycles. The zero-order valence-electron chi connectivity index (χ0n) is 5.15. The molecule has 0 aliphatic heterocycles. The van der Waals surface area contributed by atoms with Crippen molar-refractivity contribution in [3.05, 3.63) is 31.0 Å². The van der Waals surface area contributed by atoms with Crippen LogP contribution in [0.3, 0.4) is 0 Å². The second-order valence-electron chi connectivity index (χ2n) is 1.83. The highest BCUT2D eigenvalue weighted by atomic mass is 15.2. The lowest BCUT2D eigenvalue weighted by atomic mass is 10.6. The van der Waals surface area contributed by atoms with Crippen LogP contribution in [0, 0.1) is 6.33 Å². The molecule has 4 heteroatoms. The Morgan fingerprint density at radius 3 is 3.20 bits per heavy atom. The first kappa shape index (κ1) is 5.22. The van der Waals surface area contributed by atoms with Crippen LogP contribution in [0.15, 0.2) is 24.7 Å². The molecular weight excluding hydrogens is 128 g/mol. The summed E-state index contributed by atoms with van der Waals surface area (Å²) in [6, 6.07) is 1.85. The molecular formula is C6H5N4. The van der Waals surface area contributed by atoms with Crippen LogP contribution in [0.5, 0.6) is 0 Å². The number of hydrogen-bond acceptors (Lipinski definition) is 2. The Kier molecular flexibility index (Phi) is 1.04. The predicted molar refractivity (Wildman–Crippen MR) is 34.5 cm³/mol. The van der Waals surface area contributed by atoms with Gasteiger partial charge in [-0.3, -0.25) is 9.67 Å². The molecule has 0 aliphatic rings. The molecule has 0 spiro atoms. The molecule has 0 fully saturated rings. The molecule has 0 saturated carbocycles. The van der Waals surface area contributed by atoms with Crippen molar-refractivity contribution in [2.45, 2.75) is 0 Å². The average Bonchev–Trinajstić information content (AvgIpc) is 2.59. The van der Waals surface area contributed by atoms with Crippen LogP contribution in [0.25, 0.3) is 5.82 Å². The smallest absolute Gasteiger partial charge is 0.182 e. The normalized spacial score (nSPS) is 10.0. The summed E-state index contributed by atoms with van der Waals surface area (Å²) in [6.45, 7) is 0. The Bertz CT molecular complexity index is 249. The lowest BCUT2D eigenvalue weighted by Gasteiger charge is -1.89. The van der Waals surface area contributed by atoms with Gasteiger partial charge in [0.1, 0.15) is 0 Å². The van der Waals surface area contributed by atoms with E-state index in [1.807, 2.05) is 6.07 Å². The molecule has 1 radical (unpaired) electrons. The molecule has 2 rings (SSSR count). The monoisotopic (exact) mass is 133 g/mol. The quantitative estimate of drug-likeness (QED) is 0.611. The third-order valence-electron chi connectivity index (χ3n) is 1.19. The summed E-state index contributed by atoms with van der Waals surface area (Å²) in [5, 5.41) is 6.62. The topological polar surface area (TPSA) is 46.5 Å². The van der Waals surface area contributed by atoms with Crippen LogP contribution in [0.2, 0.25) is 0 Å². The fourth-order valence-electron chi connectivity index (χ4n) is 0.743. The van der Waals surface area contributed by atoms with Gasteiger partial charge in [0.25, 0.3) is 0 Å². The van der Waals surface area contributed by atoms with E-state index < -0.39 is 0 Å². The number of nitrogens with one attached hydrogen (secondary N) is 1. The van der Waals surface area contributed by atoms with Gasteiger partial charge >= 0.3 is 0 Å². The molecule has 0 amide bonds. The molecule has 2 aromatic heterocycles. The van der Waals surface area contributed by atoms with E-state index in [0.717, 1.165) is 5.82 Å². The number of nitrogens with zero attached hydrogens (tertiary/aromatic N) is 3. The van der Waals surface area contributed by atoms with Gasteiger partial charge in [-0.1, -0.05) is 0 Å². The Labute approximate surface area is 57.5 Å². The highest BCUT2D eigenvalue weighted by Gasteiger charge is 1.94. The summed E-state index contributed by atoms with van der Waals surface area (Å²) in [5.74, 6) is 0.803. The minimum Gasteiger partial charge on any atom is -0.284 e. The van der Waals surface area contributed by atoms with Gasteiger partial charge in [-0.05, 0) is 0 Å². The van der Waals surface area contributed by atoms with Gasteiger partial charge in [0.2, 0.25) is 0 Å². The maximum absolute atomic E-state index is 3.93. The Hall–Kier alpha value is -1.58. The minimum absolute atomic E-state index is 0.803. The highest BCUT2D eigenvalue weighted by Crippen LogP contribution is 1.98. The fourth-order valence-corrected chi connectivity index (χ4v) is 0.743. The van der Waals surface area contributed by atoms with Gasteiger partial charge < -0.3 is 0 Å². The first-order valence-corrected chi connectivity index (χ1v) is 2.88. The molecule has 0 saturated heterocycles. The zero-order chi connectivity index (χ0) is 6.81. The van der Waals surface area contributed by atoms with E-state index in [2.05, 4.69) is 21.5 Å². The molecule has 4 nitrogen and oxygen atoms in total. The van der Waals surface area contributed by atoms with E-state index >= 15 is 0 Å². The van der Waals surface area contributed by atoms with E-state index in [9.17, 15) is 0 Å². The standard InChI is InChI=1S/C6H5N4/c1-2-8-9-6(1)10-4-3-7-5-10/h1-4H,(H,8,9). The summed E-state index contributed by atoms with van der Waals surface area (Å²) in [5.41, 5.74) is 0. The summed E-state index contributed by atoms with van der Waals surface area (Å²) < 4.78 is 1.70. The van der Waals surface area contributed by atoms with Crippen molar-refractivity contribution in [1.82, 2.24) is 19.7 Å². The Balaban J connectivity index is 2.48. The number of H-pyrrole nitrogens is 1. The predicted octanol–water partition coefficient (Wildman–Crippen LogP) is 0.396. The number of imidazole rings is 1. The lowest BCUT2D eigenvalue weighted by molar-refractivity contribution is 0.948. The second-order valence-corrected chi connectivity index (χ2v) is 1.83. The van der Waals surface area contributed by atoms with Gasteiger partial charge in [0, 0.05) is 24.7 Å². The molecule has 0 atom stereocenters. The van der Waals surface area contributed by atoms with Crippen LogP contribution in [0.1, 0.15) is 0 Å². The molecule has 0 unspecified atom stereocenters. The Morgan fingerprint density at radius 1 is 1.60 bits per heavy atom. The molecule has 10 heavy (non-hydrogen) atoms. The number of aromatic amines is 1. The van der Waals surface area contributed by atoms with Crippen molar-refractivity contribution >= 4 is 0 Å². The molecule has 0 bridgehead atoms. The first-order valence-electron chi connectivity index (χ1n) is 2.88. The highest BCUT2D eigenvalue weighted by molar-refractivity contribution is 5.17. The average molecular weight is 133 g/mol. The molecule has 1 N–H and O–H groups in total. The fraction of sp³-hybridized carbons (Fsp3) is 0. The van der Waals surface area contributed by atoms with Crippen molar-refractivity contribution in [2.24, 2.45) is 0 Å². The van der Waals surface area contributed by atoms with Gasteiger partial charge in [0.05, 0.1) is 0 Å². The maximum atomic E-state index is 3.93. The SMILES string of the molecule is [c]1nccn1-c1cc[nH]n1. The van der Waals surface area contributed by atoms with Crippen molar-refractivity contribution in [3.8, 4) is 5.82 Å². The van der Waals surface area contributed by atoms with Crippen LogP contribution in [0.4, 0.5) is 0 Å². The van der Waals surface area contributed by atoms with Crippen molar-refractivity contribution in [1.29, 1.82) is 0 Å². The largest absolute Gasteiger partial charge is 0.284 e. The van der Waals surface area contributed by atoms with Crippen LogP contribution >= 0.6 is 0 Å². The Morgan fingerprint density at radius 2 is 2.60 bits per heavy atom. The van der Waals surface area contributed by atoms with E-state index in [1.165, 1.54) is 0 Å². The van der Waals surface area contributed by atoms with E-state index in [4.69, 9.17) is 0 Å². The number of aromatic nitrogens is 4. The molecule has 2 aromatic rings. The van der Waals surface area contributed by atoms with Gasteiger partial charge in [-0.25, -0.2) is 4.98 Å². The number of hydrogen-bond donors (Lipinski definition) is 1. The molecule has 2 heterocycles. The summed E-state index contributed by atoms with van der Waals surface area (Å²) in [6.07, 6.45) is 7.93. The van der Waals surface area contributed by atoms with E-state index in [0.29, 0.717) is 0 Å². The summed E-state index contributed by atoms with van der Waals surface area (Å²) >= 11 is 0. The van der Waals surface area contributed by atoms with Gasteiger partial charge in [0.15, 0.2) is 12.1 Å². The van der Waals surface area contributed by atoms with Crippen molar-refractivity contribution < 1.29 is 0 Å². The van der Waals surface area contributed by atoms with E-state index in [-0.39, 0.29) is 0 Å².